The number of pyridine rings is 1. The summed E-state index contributed by atoms with van der Waals surface area (Å²) in [4.78, 5) is 22.0. The van der Waals surface area contributed by atoms with Crippen molar-refractivity contribution in [3.05, 3.63) is 95.3 Å². The van der Waals surface area contributed by atoms with Crippen LogP contribution in [0.25, 0.3) is 0 Å². The number of likely N-dealkylation sites (tertiary alicyclic amines) is 1. The van der Waals surface area contributed by atoms with Crippen molar-refractivity contribution in [2.45, 2.75) is 32.1 Å². The molecule has 0 radical (unpaired) electrons. The molecule has 3 aromatic rings. The van der Waals surface area contributed by atoms with E-state index in [-0.39, 0.29) is 12.1 Å². The molecule has 2 aliphatic heterocycles. The van der Waals surface area contributed by atoms with Gasteiger partial charge in [-0.2, -0.15) is 0 Å². The highest BCUT2D eigenvalue weighted by Crippen LogP contribution is 2.34. The van der Waals surface area contributed by atoms with E-state index in [0.717, 1.165) is 23.5 Å². The van der Waals surface area contributed by atoms with Gasteiger partial charge in [0.25, 0.3) is 5.91 Å². The fourth-order valence-corrected chi connectivity index (χ4v) is 4.39. The molecule has 2 aliphatic rings. The lowest BCUT2D eigenvalue weighted by atomic mass is 10.1. The minimum Gasteiger partial charge on any atom is -0.360 e. The Morgan fingerprint density at radius 3 is 2.37 bits per heavy atom. The molecular weight excluding hydrogens is 372 g/mol. The lowest BCUT2D eigenvalue weighted by molar-refractivity contribution is 0.0728. The molecule has 1 aromatic heterocycles. The van der Waals surface area contributed by atoms with Crippen molar-refractivity contribution in [2.24, 2.45) is 0 Å². The third kappa shape index (κ3) is 3.81. The summed E-state index contributed by atoms with van der Waals surface area (Å²) in [6.45, 7) is 3.94. The van der Waals surface area contributed by atoms with E-state index >= 15 is 0 Å². The number of amides is 1. The van der Waals surface area contributed by atoms with Gasteiger partial charge in [-0.3, -0.25) is 14.7 Å². The van der Waals surface area contributed by atoms with Gasteiger partial charge in [0.2, 0.25) is 0 Å². The van der Waals surface area contributed by atoms with E-state index in [0.29, 0.717) is 12.1 Å². The van der Waals surface area contributed by atoms with Gasteiger partial charge < -0.3 is 10.2 Å². The first kappa shape index (κ1) is 18.8. The Kier molecular flexibility index (Phi) is 5.20. The van der Waals surface area contributed by atoms with Crippen LogP contribution in [0.3, 0.4) is 0 Å². The van der Waals surface area contributed by atoms with E-state index in [9.17, 15) is 4.79 Å². The number of carbonyl (C=O) groups is 1. The lowest BCUT2D eigenvalue weighted by Gasteiger charge is -2.26. The van der Waals surface area contributed by atoms with Gasteiger partial charge in [0.1, 0.15) is 6.17 Å². The summed E-state index contributed by atoms with van der Waals surface area (Å²) in [6.07, 6.45) is 4.09. The fraction of sp³-hybridized carbons (Fsp3) is 0.280. The maximum atomic E-state index is 13.1. The predicted octanol–water partition coefficient (Wildman–Crippen LogP) is 4.44. The number of fused-ring (bicyclic) bond motifs is 1. The molecule has 30 heavy (non-hydrogen) atoms. The number of nitrogens with one attached hydrogen (secondary N) is 1. The van der Waals surface area contributed by atoms with E-state index < -0.39 is 0 Å². The van der Waals surface area contributed by atoms with Gasteiger partial charge in [-0.05, 0) is 61.3 Å². The van der Waals surface area contributed by atoms with Gasteiger partial charge in [-0.25, -0.2) is 0 Å². The van der Waals surface area contributed by atoms with Gasteiger partial charge in [0.15, 0.2) is 0 Å². The Hall–Kier alpha value is -3.18. The van der Waals surface area contributed by atoms with Crippen LogP contribution in [0.15, 0.2) is 72.9 Å². The van der Waals surface area contributed by atoms with E-state index in [1.54, 1.807) is 6.20 Å². The SMILES string of the molecule is O=C1c2cccnc2C(Nc2ccc(CN3CCCC3)cc2)N1Cc1ccccc1. The van der Waals surface area contributed by atoms with Gasteiger partial charge in [0.05, 0.1) is 11.3 Å². The second-order valence-corrected chi connectivity index (χ2v) is 8.08. The summed E-state index contributed by atoms with van der Waals surface area (Å²) in [7, 11) is 0. The molecule has 0 aliphatic carbocycles. The molecule has 1 fully saturated rings. The maximum Gasteiger partial charge on any atom is 0.258 e. The highest BCUT2D eigenvalue weighted by atomic mass is 16.2. The Morgan fingerprint density at radius 2 is 1.60 bits per heavy atom. The predicted molar refractivity (Wildman–Crippen MR) is 118 cm³/mol. The van der Waals surface area contributed by atoms with E-state index in [4.69, 9.17) is 0 Å². The van der Waals surface area contributed by atoms with Gasteiger partial charge in [-0.1, -0.05) is 42.5 Å². The Morgan fingerprint density at radius 1 is 0.867 bits per heavy atom. The van der Waals surface area contributed by atoms with Crippen LogP contribution in [0.2, 0.25) is 0 Å². The number of rotatable bonds is 6. The van der Waals surface area contributed by atoms with Crippen molar-refractivity contribution in [3.63, 3.8) is 0 Å². The van der Waals surface area contributed by atoms with E-state index in [1.165, 1.54) is 31.5 Å². The quantitative estimate of drug-likeness (QED) is 0.667. The van der Waals surface area contributed by atoms with Crippen LogP contribution in [-0.4, -0.2) is 33.8 Å². The van der Waals surface area contributed by atoms with Crippen LogP contribution in [0, 0.1) is 0 Å². The van der Waals surface area contributed by atoms with Gasteiger partial charge in [0, 0.05) is 25.0 Å². The molecule has 1 N–H and O–H groups in total. The van der Waals surface area contributed by atoms with Crippen molar-refractivity contribution in [2.75, 3.05) is 18.4 Å². The van der Waals surface area contributed by atoms with Crippen molar-refractivity contribution < 1.29 is 4.79 Å². The number of carbonyl (C=O) groups excluding carboxylic acids is 1. The minimum atomic E-state index is -0.279. The lowest BCUT2D eigenvalue weighted by Crippen LogP contribution is -2.32. The molecule has 152 valence electrons. The molecule has 2 aromatic carbocycles. The molecule has 1 atom stereocenters. The highest BCUT2D eigenvalue weighted by Gasteiger charge is 2.37. The Labute approximate surface area is 177 Å². The molecule has 5 nitrogen and oxygen atoms in total. The Bertz CT molecular complexity index is 1010. The zero-order valence-electron chi connectivity index (χ0n) is 17.0. The van der Waals surface area contributed by atoms with Crippen molar-refractivity contribution in [1.29, 1.82) is 0 Å². The molecule has 5 heteroatoms. The average molecular weight is 399 g/mol. The zero-order chi connectivity index (χ0) is 20.3. The van der Waals surface area contributed by atoms with Gasteiger partial charge >= 0.3 is 0 Å². The molecule has 5 rings (SSSR count). The second kappa shape index (κ2) is 8.28. The van der Waals surface area contributed by atoms with Crippen molar-refractivity contribution in [1.82, 2.24) is 14.8 Å². The average Bonchev–Trinajstić information content (AvgIpc) is 3.39. The summed E-state index contributed by atoms with van der Waals surface area (Å²) in [5.41, 5.74) is 4.89. The molecule has 0 bridgehead atoms. The standard InChI is InChI=1S/C25H26N4O/c30-25-22-9-6-14-26-23(22)24(29(25)18-19-7-2-1-3-8-19)27-21-12-10-20(11-13-21)17-28-15-4-5-16-28/h1-3,6-14,24,27H,4-5,15-18H2. The van der Waals surface area contributed by atoms with Crippen LogP contribution in [0.1, 0.15) is 46.2 Å². The molecule has 0 spiro atoms. The maximum absolute atomic E-state index is 13.1. The highest BCUT2D eigenvalue weighted by molar-refractivity contribution is 5.98. The number of benzene rings is 2. The number of hydrogen-bond donors (Lipinski definition) is 1. The monoisotopic (exact) mass is 398 g/mol. The molecular formula is C25H26N4O. The van der Waals surface area contributed by atoms with Crippen LogP contribution in [0.5, 0.6) is 0 Å². The number of hydrogen-bond acceptors (Lipinski definition) is 4. The molecule has 1 unspecified atom stereocenters. The van der Waals surface area contributed by atoms with Crippen molar-refractivity contribution in [3.8, 4) is 0 Å². The Balaban J connectivity index is 1.36. The molecule has 1 saturated heterocycles. The van der Waals surface area contributed by atoms with Crippen LogP contribution in [0.4, 0.5) is 5.69 Å². The summed E-state index contributed by atoms with van der Waals surface area (Å²) < 4.78 is 0. The summed E-state index contributed by atoms with van der Waals surface area (Å²) >= 11 is 0. The van der Waals surface area contributed by atoms with Crippen LogP contribution >= 0.6 is 0 Å². The third-order valence-corrected chi connectivity index (χ3v) is 5.96. The van der Waals surface area contributed by atoms with Gasteiger partial charge in [-0.15, -0.1) is 0 Å². The topological polar surface area (TPSA) is 48.5 Å². The summed E-state index contributed by atoms with van der Waals surface area (Å²) in [5, 5.41) is 3.55. The summed E-state index contributed by atoms with van der Waals surface area (Å²) in [5.74, 6) is 0.0186. The first-order valence-corrected chi connectivity index (χ1v) is 10.7. The normalized spacial score (nSPS) is 18.6. The van der Waals surface area contributed by atoms with E-state index in [1.807, 2.05) is 47.4 Å². The summed E-state index contributed by atoms with van der Waals surface area (Å²) in [6, 6.07) is 22.4. The van der Waals surface area contributed by atoms with Crippen molar-refractivity contribution >= 4 is 11.6 Å². The van der Waals surface area contributed by atoms with Crippen LogP contribution < -0.4 is 5.32 Å². The third-order valence-electron chi connectivity index (χ3n) is 5.96. The number of anilines is 1. The first-order chi connectivity index (χ1) is 14.8. The van der Waals surface area contributed by atoms with E-state index in [2.05, 4.69) is 39.5 Å². The number of nitrogens with zero attached hydrogens (tertiary/aromatic N) is 3. The second-order valence-electron chi connectivity index (χ2n) is 8.08. The molecule has 1 amide bonds. The molecule has 0 saturated carbocycles. The smallest absolute Gasteiger partial charge is 0.258 e. The number of aromatic nitrogens is 1. The largest absolute Gasteiger partial charge is 0.360 e. The first-order valence-electron chi connectivity index (χ1n) is 10.7. The molecule has 3 heterocycles. The zero-order valence-corrected chi connectivity index (χ0v) is 17.0. The fourth-order valence-electron chi connectivity index (χ4n) is 4.39. The minimum absolute atomic E-state index is 0.0186. The van der Waals surface area contributed by atoms with Crippen LogP contribution in [-0.2, 0) is 13.1 Å².